The first-order chi connectivity index (χ1) is 24.1. The van der Waals surface area contributed by atoms with E-state index in [1.54, 1.807) is 19.2 Å². The molecule has 4 aromatic rings. The van der Waals surface area contributed by atoms with Crippen LogP contribution in [-0.2, 0) is 22.3 Å². The molecule has 0 aliphatic carbocycles. The van der Waals surface area contributed by atoms with Crippen LogP contribution in [0.3, 0.4) is 0 Å². The second kappa shape index (κ2) is 14.7. The normalized spacial score (nSPS) is 14.0. The lowest BCUT2D eigenvalue weighted by Gasteiger charge is -2.40. The SMILES string of the molecule is Cc1noc(C)c1-c1nc(-c2cc(OCC(CN(C)C(=O)OC(C)(C)C)O[Si](C)(C)C(C)(C)C)ccc2Cl)nc(N2Cc3cc(F)cnc3C2)c1C. The van der Waals surface area contributed by atoms with Gasteiger partial charge in [-0.3, -0.25) is 4.98 Å². The van der Waals surface area contributed by atoms with Crippen LogP contribution >= 0.6 is 11.6 Å². The zero-order valence-corrected chi connectivity index (χ0v) is 34.0. The highest BCUT2D eigenvalue weighted by Crippen LogP contribution is 2.40. The van der Waals surface area contributed by atoms with Gasteiger partial charge in [0.15, 0.2) is 14.1 Å². The Hall–Kier alpha value is -4.07. The quantitative estimate of drug-likeness (QED) is 0.145. The summed E-state index contributed by atoms with van der Waals surface area (Å²) < 4.78 is 38.4. The number of ether oxygens (including phenoxy) is 2. The number of carbonyl (C=O) groups is 1. The highest BCUT2D eigenvalue weighted by molar-refractivity contribution is 6.74. The molecule has 1 aliphatic rings. The fourth-order valence-electron chi connectivity index (χ4n) is 5.77. The van der Waals surface area contributed by atoms with E-state index in [0.717, 1.165) is 22.4 Å². The van der Waals surface area contributed by atoms with Crippen LogP contribution in [0, 0.1) is 26.6 Å². The summed E-state index contributed by atoms with van der Waals surface area (Å²) in [6.07, 6.45) is 0.355. The molecular weight excluding hydrogens is 703 g/mol. The van der Waals surface area contributed by atoms with Crippen molar-refractivity contribution in [2.24, 2.45) is 0 Å². The maximum Gasteiger partial charge on any atom is 0.410 e. The Balaban J connectivity index is 1.49. The van der Waals surface area contributed by atoms with Crippen molar-refractivity contribution in [1.82, 2.24) is 25.0 Å². The Labute approximate surface area is 312 Å². The third kappa shape index (κ3) is 8.75. The predicted octanol–water partition coefficient (Wildman–Crippen LogP) is 9.07. The minimum atomic E-state index is -2.26. The molecule has 1 unspecified atom stereocenters. The molecule has 1 aromatic carbocycles. The van der Waals surface area contributed by atoms with Crippen LogP contribution in [0.4, 0.5) is 15.0 Å². The molecule has 14 heteroatoms. The van der Waals surface area contributed by atoms with Crippen LogP contribution in [0.25, 0.3) is 22.6 Å². The van der Waals surface area contributed by atoms with Gasteiger partial charge in [-0.15, -0.1) is 0 Å². The number of hydrogen-bond acceptors (Lipinski definition) is 10. The van der Waals surface area contributed by atoms with Gasteiger partial charge in [-0.05, 0) is 89.5 Å². The number of nitrogens with zero attached hydrogens (tertiary/aromatic N) is 6. The van der Waals surface area contributed by atoms with Gasteiger partial charge in [-0.25, -0.2) is 19.2 Å². The molecule has 4 heterocycles. The highest BCUT2D eigenvalue weighted by atomic mass is 35.5. The number of benzene rings is 1. The molecule has 0 saturated heterocycles. The largest absolute Gasteiger partial charge is 0.491 e. The van der Waals surface area contributed by atoms with Crippen molar-refractivity contribution in [1.29, 1.82) is 0 Å². The third-order valence-corrected chi connectivity index (χ3v) is 14.3. The molecule has 52 heavy (non-hydrogen) atoms. The van der Waals surface area contributed by atoms with Gasteiger partial charge in [-0.2, -0.15) is 0 Å². The maximum absolute atomic E-state index is 14.1. The first-order valence-corrected chi connectivity index (χ1v) is 20.7. The molecule has 0 bridgehead atoms. The second-order valence-corrected chi connectivity index (χ2v) is 21.1. The van der Waals surface area contributed by atoms with E-state index in [1.807, 2.05) is 47.6 Å². The van der Waals surface area contributed by atoms with Crippen molar-refractivity contribution < 1.29 is 27.6 Å². The van der Waals surface area contributed by atoms with Gasteiger partial charge in [0.05, 0.1) is 53.1 Å². The number of aromatic nitrogens is 4. The van der Waals surface area contributed by atoms with Gasteiger partial charge in [0.1, 0.15) is 35.4 Å². The summed E-state index contributed by atoms with van der Waals surface area (Å²) in [5.41, 5.74) is 4.45. The lowest BCUT2D eigenvalue weighted by molar-refractivity contribution is 0.0172. The number of carbonyl (C=O) groups excluding carboxylic acids is 1. The predicted molar refractivity (Wildman–Crippen MR) is 203 cm³/mol. The number of amides is 1. The minimum absolute atomic E-state index is 0.0659. The molecule has 1 aliphatic heterocycles. The van der Waals surface area contributed by atoms with Gasteiger partial charge in [0.25, 0.3) is 0 Å². The Kier molecular flexibility index (Phi) is 11.1. The van der Waals surface area contributed by atoms with E-state index in [2.05, 4.69) is 48.9 Å². The van der Waals surface area contributed by atoms with Crippen LogP contribution in [0.15, 0.2) is 35.0 Å². The molecule has 0 spiro atoms. The van der Waals surface area contributed by atoms with Gasteiger partial charge in [-0.1, -0.05) is 37.5 Å². The summed E-state index contributed by atoms with van der Waals surface area (Å²) in [6.45, 7) is 23.4. The fraction of sp³-hybridized carbons (Fsp3) is 0.500. The minimum Gasteiger partial charge on any atom is -0.491 e. The Bertz CT molecular complexity index is 1940. The summed E-state index contributed by atoms with van der Waals surface area (Å²) in [6, 6.07) is 6.86. The van der Waals surface area contributed by atoms with Crippen LogP contribution in [0.1, 0.15) is 69.8 Å². The molecule has 11 nitrogen and oxygen atoms in total. The number of rotatable bonds is 10. The topological polar surface area (TPSA) is 116 Å². The molecule has 5 rings (SSSR count). The summed E-state index contributed by atoms with van der Waals surface area (Å²) in [7, 11) is -0.564. The summed E-state index contributed by atoms with van der Waals surface area (Å²) in [4.78, 5) is 30.9. The number of anilines is 1. The van der Waals surface area contributed by atoms with Crippen molar-refractivity contribution in [3.8, 4) is 28.4 Å². The van der Waals surface area contributed by atoms with E-state index < -0.39 is 26.1 Å². The van der Waals surface area contributed by atoms with E-state index in [-0.39, 0.29) is 24.0 Å². The lowest BCUT2D eigenvalue weighted by atomic mass is 10.0. The molecule has 0 fully saturated rings. The number of halogens is 2. The Morgan fingerprint density at radius 2 is 1.81 bits per heavy atom. The molecule has 3 aromatic heterocycles. The number of hydrogen-bond donors (Lipinski definition) is 0. The lowest BCUT2D eigenvalue weighted by Crippen LogP contribution is -2.49. The van der Waals surface area contributed by atoms with Crippen molar-refractivity contribution in [2.75, 3.05) is 25.1 Å². The summed E-state index contributed by atoms with van der Waals surface area (Å²) in [5.74, 6) is 1.81. The number of fused-ring (bicyclic) bond motifs is 1. The van der Waals surface area contributed by atoms with Crippen molar-refractivity contribution >= 4 is 31.8 Å². The zero-order chi connectivity index (χ0) is 38.3. The molecule has 1 atom stereocenters. The average Bonchev–Trinajstić information content (AvgIpc) is 3.60. The van der Waals surface area contributed by atoms with E-state index in [0.29, 0.717) is 58.2 Å². The van der Waals surface area contributed by atoms with E-state index in [4.69, 9.17) is 40.0 Å². The van der Waals surface area contributed by atoms with Crippen LogP contribution in [-0.4, -0.2) is 71.3 Å². The molecule has 1 amide bonds. The molecule has 0 radical (unpaired) electrons. The van der Waals surface area contributed by atoms with Gasteiger partial charge in [0.2, 0.25) is 0 Å². The second-order valence-electron chi connectivity index (χ2n) is 16.0. The standard InChI is InChI=1S/C38H50ClFN6O5Si/c1-22-33(32-23(2)44-50-24(32)3)42-34(43-35(22)46-18-25-15-26(40)17-41-31(25)20-46)29-16-27(13-14-30(29)39)48-21-28(51-52(11,12)38(7,8)9)19-45(10)36(47)49-37(4,5)6/h13-17,28H,18-21H2,1-12H3. The van der Waals surface area contributed by atoms with Crippen LogP contribution in [0.2, 0.25) is 23.2 Å². The molecular formula is C38H50ClFN6O5Si. The Morgan fingerprint density at radius 3 is 2.44 bits per heavy atom. The van der Waals surface area contributed by atoms with E-state index in [9.17, 15) is 9.18 Å². The number of likely N-dealkylation sites (N-methyl/N-ethyl adjacent to an activating group) is 1. The van der Waals surface area contributed by atoms with Crippen LogP contribution in [0.5, 0.6) is 5.75 Å². The van der Waals surface area contributed by atoms with Gasteiger partial charge in [0, 0.05) is 24.7 Å². The Morgan fingerprint density at radius 1 is 1.10 bits per heavy atom. The number of pyridine rings is 1. The molecule has 280 valence electrons. The summed E-state index contributed by atoms with van der Waals surface area (Å²) in [5, 5.41) is 4.54. The van der Waals surface area contributed by atoms with E-state index >= 15 is 0 Å². The van der Waals surface area contributed by atoms with Crippen molar-refractivity contribution in [3.05, 3.63) is 69.6 Å². The van der Waals surface area contributed by atoms with Gasteiger partial charge < -0.3 is 28.2 Å². The zero-order valence-electron chi connectivity index (χ0n) is 32.3. The first kappa shape index (κ1) is 39.1. The third-order valence-electron chi connectivity index (χ3n) is 9.48. The maximum atomic E-state index is 14.1. The molecule has 0 saturated carbocycles. The highest BCUT2D eigenvalue weighted by Gasteiger charge is 2.40. The monoisotopic (exact) mass is 752 g/mol. The average molecular weight is 753 g/mol. The van der Waals surface area contributed by atoms with Gasteiger partial charge >= 0.3 is 6.09 Å². The van der Waals surface area contributed by atoms with Crippen LogP contribution < -0.4 is 9.64 Å². The van der Waals surface area contributed by atoms with E-state index in [1.165, 1.54) is 17.2 Å². The molecule has 0 N–H and O–H groups in total. The van der Waals surface area contributed by atoms with Crippen molar-refractivity contribution in [3.63, 3.8) is 0 Å². The fourth-order valence-corrected chi connectivity index (χ4v) is 7.30. The number of aryl methyl sites for hydroxylation is 2. The smallest absolute Gasteiger partial charge is 0.410 e. The van der Waals surface area contributed by atoms with Crippen molar-refractivity contribution in [2.45, 2.75) is 105 Å². The first-order valence-electron chi connectivity index (χ1n) is 17.4. The summed E-state index contributed by atoms with van der Waals surface area (Å²) >= 11 is 6.86.